The summed E-state index contributed by atoms with van der Waals surface area (Å²) in [4.78, 5) is -0.211. The first kappa shape index (κ1) is 13.7. The van der Waals surface area contributed by atoms with E-state index >= 15 is 0 Å². The summed E-state index contributed by atoms with van der Waals surface area (Å²) in [7, 11) is 4.33. The molecule has 0 spiro atoms. The van der Waals surface area contributed by atoms with Crippen LogP contribution in [-0.2, 0) is 9.05 Å². The van der Waals surface area contributed by atoms with E-state index in [4.69, 9.17) is 24.7 Å². The molecule has 0 N–H and O–H groups in total. The van der Waals surface area contributed by atoms with Gasteiger partial charge in [0.15, 0.2) is 10.7 Å². The Morgan fingerprint density at radius 3 is 2.58 bits per heavy atom. The molecule has 0 aliphatic heterocycles. The number of hydrogen-bond donors (Lipinski definition) is 0. The fourth-order valence-electron chi connectivity index (χ4n) is 1.57. The Balaban J connectivity index is 2.63. The molecule has 19 heavy (non-hydrogen) atoms. The summed E-state index contributed by atoms with van der Waals surface area (Å²) >= 11 is 0. The van der Waals surface area contributed by atoms with E-state index < -0.39 is 9.05 Å². The van der Waals surface area contributed by atoms with Crippen molar-refractivity contribution in [1.29, 1.82) is 0 Å². The van der Waals surface area contributed by atoms with Gasteiger partial charge < -0.3 is 14.0 Å². The van der Waals surface area contributed by atoms with Crippen LogP contribution in [0.1, 0.15) is 0 Å². The van der Waals surface area contributed by atoms with Gasteiger partial charge in [-0.05, 0) is 12.1 Å². The van der Waals surface area contributed by atoms with Crippen LogP contribution in [0, 0.1) is 0 Å². The van der Waals surface area contributed by atoms with Gasteiger partial charge in [0.25, 0.3) is 9.05 Å². The molecule has 0 bridgehead atoms. The van der Waals surface area contributed by atoms with Crippen LogP contribution in [0.3, 0.4) is 0 Å². The van der Waals surface area contributed by atoms with E-state index in [9.17, 15) is 8.42 Å². The van der Waals surface area contributed by atoms with Crippen molar-refractivity contribution in [2.75, 3.05) is 14.2 Å². The van der Waals surface area contributed by atoms with Crippen molar-refractivity contribution in [1.82, 2.24) is 5.16 Å². The van der Waals surface area contributed by atoms with Gasteiger partial charge in [0.1, 0.15) is 11.5 Å². The molecule has 0 aliphatic carbocycles. The third kappa shape index (κ3) is 2.66. The van der Waals surface area contributed by atoms with Crippen LogP contribution in [0.25, 0.3) is 11.3 Å². The maximum absolute atomic E-state index is 11.4. The zero-order valence-electron chi connectivity index (χ0n) is 10.1. The van der Waals surface area contributed by atoms with Gasteiger partial charge in [-0.1, -0.05) is 5.16 Å². The van der Waals surface area contributed by atoms with Gasteiger partial charge in [0.05, 0.1) is 26.0 Å². The molecule has 1 aromatic carbocycles. The largest absolute Gasteiger partial charge is 0.497 e. The molecule has 0 radical (unpaired) electrons. The van der Waals surface area contributed by atoms with Crippen molar-refractivity contribution in [2.24, 2.45) is 0 Å². The minimum absolute atomic E-state index is 0.0227. The first-order chi connectivity index (χ1) is 8.97. The summed E-state index contributed by atoms with van der Waals surface area (Å²) in [5.74, 6) is 0.975. The summed E-state index contributed by atoms with van der Waals surface area (Å²) in [6.07, 6.45) is 1.04. The summed E-state index contributed by atoms with van der Waals surface area (Å²) in [6.45, 7) is 0. The van der Waals surface area contributed by atoms with Crippen molar-refractivity contribution in [3.63, 3.8) is 0 Å². The van der Waals surface area contributed by atoms with Crippen LogP contribution in [0.2, 0.25) is 0 Å². The molecule has 1 heterocycles. The quantitative estimate of drug-likeness (QED) is 0.806. The van der Waals surface area contributed by atoms with Gasteiger partial charge in [-0.3, -0.25) is 0 Å². The highest BCUT2D eigenvalue weighted by Crippen LogP contribution is 2.37. The highest BCUT2D eigenvalue weighted by molar-refractivity contribution is 8.13. The molecular weight excluding hydrogens is 294 g/mol. The molecule has 0 atom stereocenters. The number of rotatable bonds is 4. The predicted octanol–water partition coefficient (Wildman–Crippen LogP) is 2.29. The molecule has 0 saturated carbocycles. The second kappa shape index (κ2) is 5.10. The second-order valence-corrected chi connectivity index (χ2v) is 6.06. The molecule has 102 valence electrons. The van der Waals surface area contributed by atoms with E-state index in [1.165, 1.54) is 14.2 Å². The molecule has 2 aromatic rings. The van der Waals surface area contributed by atoms with Crippen molar-refractivity contribution < 1.29 is 22.4 Å². The molecule has 6 nitrogen and oxygen atoms in total. The zero-order valence-corrected chi connectivity index (χ0v) is 11.7. The van der Waals surface area contributed by atoms with E-state index in [-0.39, 0.29) is 10.7 Å². The number of nitrogens with zero attached hydrogens (tertiary/aromatic N) is 1. The lowest BCUT2D eigenvalue weighted by Crippen LogP contribution is -1.94. The van der Waals surface area contributed by atoms with Crippen molar-refractivity contribution >= 4 is 19.7 Å². The lowest BCUT2D eigenvalue weighted by atomic mass is 10.1. The maximum Gasteiger partial charge on any atom is 0.266 e. The number of ether oxygens (including phenoxy) is 2. The highest BCUT2D eigenvalue weighted by Gasteiger charge is 2.24. The Hall–Kier alpha value is -1.73. The van der Waals surface area contributed by atoms with Crippen LogP contribution >= 0.6 is 10.7 Å². The van der Waals surface area contributed by atoms with Gasteiger partial charge in [0.2, 0.25) is 0 Å². The van der Waals surface area contributed by atoms with Crippen LogP contribution in [0.5, 0.6) is 11.5 Å². The van der Waals surface area contributed by atoms with E-state index in [1.807, 2.05) is 0 Å². The Kier molecular flexibility index (Phi) is 3.68. The van der Waals surface area contributed by atoms with E-state index in [1.54, 1.807) is 18.2 Å². The van der Waals surface area contributed by atoms with Crippen LogP contribution in [0.4, 0.5) is 0 Å². The average molecular weight is 304 g/mol. The molecule has 1 aromatic heterocycles. The molecule has 0 amide bonds. The first-order valence-corrected chi connectivity index (χ1v) is 7.40. The van der Waals surface area contributed by atoms with Crippen molar-refractivity contribution in [3.05, 3.63) is 24.4 Å². The zero-order chi connectivity index (χ0) is 14.0. The lowest BCUT2D eigenvalue weighted by Gasteiger charge is -2.08. The third-order valence-electron chi connectivity index (χ3n) is 2.45. The summed E-state index contributed by atoms with van der Waals surface area (Å²) in [5.41, 5.74) is 0.417. The summed E-state index contributed by atoms with van der Waals surface area (Å²) in [5, 5.41) is 3.46. The lowest BCUT2D eigenvalue weighted by molar-refractivity contribution is 0.391. The Morgan fingerprint density at radius 1 is 1.26 bits per heavy atom. The van der Waals surface area contributed by atoms with Gasteiger partial charge in [-0.2, -0.15) is 0 Å². The van der Waals surface area contributed by atoms with E-state index in [0.29, 0.717) is 17.1 Å². The highest BCUT2D eigenvalue weighted by atomic mass is 35.7. The Bertz CT molecular complexity index is 695. The minimum atomic E-state index is -3.95. The van der Waals surface area contributed by atoms with E-state index in [0.717, 1.165) is 6.20 Å². The topological polar surface area (TPSA) is 78.6 Å². The van der Waals surface area contributed by atoms with Crippen LogP contribution < -0.4 is 9.47 Å². The molecule has 2 rings (SSSR count). The molecule has 8 heteroatoms. The van der Waals surface area contributed by atoms with Gasteiger partial charge in [-0.25, -0.2) is 8.42 Å². The maximum atomic E-state index is 11.4. The van der Waals surface area contributed by atoms with Gasteiger partial charge in [-0.15, -0.1) is 0 Å². The number of benzene rings is 1. The summed E-state index contributed by atoms with van der Waals surface area (Å²) in [6, 6.07) is 4.84. The van der Waals surface area contributed by atoms with Gasteiger partial charge >= 0.3 is 0 Å². The fourth-order valence-corrected chi connectivity index (χ4v) is 2.44. The smallest absolute Gasteiger partial charge is 0.266 e. The molecule has 0 fully saturated rings. The number of hydrogen-bond acceptors (Lipinski definition) is 6. The third-order valence-corrected chi connectivity index (χ3v) is 3.77. The monoisotopic (exact) mass is 303 g/mol. The predicted molar refractivity (Wildman–Crippen MR) is 68.1 cm³/mol. The molecule has 0 saturated heterocycles. The Labute approximate surface area is 114 Å². The normalized spacial score (nSPS) is 11.3. The van der Waals surface area contributed by atoms with Crippen molar-refractivity contribution in [2.45, 2.75) is 4.90 Å². The first-order valence-electron chi connectivity index (χ1n) is 5.09. The number of halogens is 1. The SMILES string of the molecule is COc1ccc(-c2oncc2S(=O)(=O)Cl)c(OC)c1. The average Bonchev–Trinajstić information content (AvgIpc) is 2.86. The van der Waals surface area contributed by atoms with Crippen molar-refractivity contribution in [3.8, 4) is 22.8 Å². The van der Waals surface area contributed by atoms with Gasteiger partial charge in [0, 0.05) is 16.7 Å². The minimum Gasteiger partial charge on any atom is -0.497 e. The summed E-state index contributed by atoms with van der Waals surface area (Å²) < 4.78 is 38.0. The number of aromatic nitrogens is 1. The fraction of sp³-hybridized carbons (Fsp3) is 0.182. The van der Waals surface area contributed by atoms with Crippen LogP contribution in [-0.4, -0.2) is 27.8 Å². The Morgan fingerprint density at radius 2 is 2.00 bits per heavy atom. The molecule has 0 aliphatic rings. The van der Waals surface area contributed by atoms with Crippen LogP contribution in [0.15, 0.2) is 33.8 Å². The molecule has 0 unspecified atom stereocenters. The molecular formula is C11H10ClNO5S. The number of methoxy groups -OCH3 is 2. The standard InChI is InChI=1S/C11H10ClNO5S/c1-16-7-3-4-8(9(5-7)17-2)11-10(6-13-18-11)19(12,14)15/h3-6H,1-2H3. The second-order valence-electron chi connectivity index (χ2n) is 3.52. The van der Waals surface area contributed by atoms with E-state index in [2.05, 4.69) is 5.16 Å².